The summed E-state index contributed by atoms with van der Waals surface area (Å²) in [6, 6.07) is 30.8. The molecule has 0 atom stereocenters. The third kappa shape index (κ3) is 2.92. The number of hydrogen-bond donors (Lipinski definition) is 2. The highest BCUT2D eigenvalue weighted by Crippen LogP contribution is 2.31. The molecule has 5 aromatic rings. The predicted octanol–water partition coefficient (Wildman–Crippen LogP) is 5.04. The lowest BCUT2D eigenvalue weighted by atomic mass is 10.0. The Morgan fingerprint density at radius 3 is 1.91 bits per heavy atom. The average Bonchev–Trinajstić information content (AvgIpc) is 3.46. The van der Waals surface area contributed by atoms with E-state index in [1.807, 2.05) is 6.07 Å². The molecule has 0 saturated heterocycles. The molecule has 1 aromatic heterocycles. The summed E-state index contributed by atoms with van der Waals surface area (Å²) in [7, 11) is -3.02. The molecule has 4 heteroatoms. The van der Waals surface area contributed by atoms with Gasteiger partial charge in [0.15, 0.2) is 0 Å². The molecule has 3 heterocycles. The molecule has 3 N–H and O–H groups in total. The first kappa shape index (κ1) is 21.2. The van der Waals surface area contributed by atoms with E-state index >= 15 is 0 Å². The van der Waals surface area contributed by atoms with E-state index in [0.29, 0.717) is 0 Å². The Hall–Kier alpha value is -3.35. The van der Waals surface area contributed by atoms with E-state index in [1.165, 1.54) is 43.5 Å². The summed E-state index contributed by atoms with van der Waals surface area (Å²) in [4.78, 5) is 3.34. The van der Waals surface area contributed by atoms with Gasteiger partial charge in [0.05, 0.1) is 0 Å². The van der Waals surface area contributed by atoms with E-state index in [9.17, 15) is 0 Å². The van der Waals surface area contributed by atoms with E-state index in [1.54, 1.807) is 10.4 Å². The van der Waals surface area contributed by atoms with E-state index in [4.69, 9.17) is 5.73 Å². The molecule has 4 aromatic carbocycles. The largest absolute Gasteiger partial charge is 0.399 e. The summed E-state index contributed by atoms with van der Waals surface area (Å²) in [5, 5.41) is 7.61. The Labute approximate surface area is 203 Å². The predicted molar refractivity (Wildman–Crippen MR) is 154 cm³/mol. The summed E-state index contributed by atoms with van der Waals surface area (Å²) >= 11 is 0. The molecule has 0 spiro atoms. The number of aromatic nitrogens is 1. The highest BCUT2D eigenvalue weighted by molar-refractivity contribution is 7.05. The van der Waals surface area contributed by atoms with Crippen molar-refractivity contribution >= 4 is 53.5 Å². The summed E-state index contributed by atoms with van der Waals surface area (Å²) in [6.45, 7) is 9.72. The van der Waals surface area contributed by atoms with Crippen molar-refractivity contribution in [3.05, 3.63) is 91.1 Å². The lowest BCUT2D eigenvalue weighted by Gasteiger charge is -2.19. The lowest BCUT2D eigenvalue weighted by Crippen LogP contribution is -2.49. The topological polar surface area (TPSA) is 41.8 Å². The van der Waals surface area contributed by atoms with Crippen molar-refractivity contribution in [3.63, 3.8) is 0 Å². The van der Waals surface area contributed by atoms with Gasteiger partial charge in [-0.25, -0.2) is 0 Å². The number of nitrogens with one attached hydrogen (secondary N) is 1. The number of hydrogen-bond acceptors (Lipinski definition) is 1. The van der Waals surface area contributed by atoms with Crippen LogP contribution in [0.5, 0.6) is 0 Å². The zero-order valence-corrected chi connectivity index (χ0v) is 22.2. The SMILES string of the molecule is C[Si]1(C)c2ccccc2-c2ccc(N)cc21.C[Si]1(C)c2ccccc2-c2ccc3[nH]ccc3c21. The minimum absolute atomic E-state index is 0.882. The fourth-order valence-electron chi connectivity index (χ4n) is 6.15. The molecular formula is C30H30N2Si2. The van der Waals surface area contributed by atoms with Crippen LogP contribution in [-0.4, -0.2) is 21.1 Å². The second-order valence-corrected chi connectivity index (χ2v) is 19.2. The summed E-state index contributed by atoms with van der Waals surface area (Å²) < 4.78 is 0. The Bertz CT molecular complexity index is 1580. The monoisotopic (exact) mass is 474 g/mol. The van der Waals surface area contributed by atoms with Crippen molar-refractivity contribution in [1.29, 1.82) is 0 Å². The molecular weight excluding hydrogens is 445 g/mol. The van der Waals surface area contributed by atoms with Crippen LogP contribution in [0.4, 0.5) is 5.69 Å². The van der Waals surface area contributed by atoms with Gasteiger partial charge in [-0.05, 0) is 72.7 Å². The van der Waals surface area contributed by atoms with Gasteiger partial charge >= 0.3 is 0 Å². The number of H-pyrrole nitrogens is 1. The van der Waals surface area contributed by atoms with Crippen LogP contribution in [0.25, 0.3) is 33.2 Å². The average molecular weight is 475 g/mol. The van der Waals surface area contributed by atoms with Crippen LogP contribution in [0.2, 0.25) is 26.2 Å². The highest BCUT2D eigenvalue weighted by atomic mass is 28.3. The Morgan fingerprint density at radius 2 is 1.18 bits per heavy atom. The molecule has 2 nitrogen and oxygen atoms in total. The molecule has 34 heavy (non-hydrogen) atoms. The van der Waals surface area contributed by atoms with Crippen molar-refractivity contribution in [3.8, 4) is 22.3 Å². The quantitative estimate of drug-likeness (QED) is 0.240. The van der Waals surface area contributed by atoms with Crippen LogP contribution in [-0.2, 0) is 0 Å². The van der Waals surface area contributed by atoms with Crippen LogP contribution >= 0.6 is 0 Å². The maximum atomic E-state index is 5.91. The lowest BCUT2D eigenvalue weighted by molar-refractivity contribution is 1.48. The van der Waals surface area contributed by atoms with Gasteiger partial charge in [-0.3, -0.25) is 0 Å². The first-order valence-electron chi connectivity index (χ1n) is 12.0. The number of nitrogens with two attached hydrogens (primary N) is 1. The number of fused-ring (bicyclic) bond motifs is 8. The molecule has 0 fully saturated rings. The summed E-state index contributed by atoms with van der Waals surface area (Å²) in [5.41, 5.74) is 13.8. The maximum Gasteiger partial charge on any atom is 0.114 e. The van der Waals surface area contributed by atoms with Crippen molar-refractivity contribution in [2.75, 3.05) is 5.73 Å². The van der Waals surface area contributed by atoms with Crippen LogP contribution in [0, 0.1) is 0 Å². The van der Waals surface area contributed by atoms with Gasteiger partial charge < -0.3 is 10.7 Å². The van der Waals surface area contributed by atoms with Gasteiger partial charge in [0.2, 0.25) is 0 Å². The molecule has 0 radical (unpaired) electrons. The molecule has 7 rings (SSSR count). The smallest absolute Gasteiger partial charge is 0.114 e. The van der Waals surface area contributed by atoms with Gasteiger partial charge in [0.25, 0.3) is 0 Å². The number of rotatable bonds is 0. The molecule has 0 aliphatic carbocycles. The van der Waals surface area contributed by atoms with Gasteiger partial charge in [-0.2, -0.15) is 0 Å². The second-order valence-electron chi connectivity index (χ2n) is 10.6. The molecule has 168 valence electrons. The highest BCUT2D eigenvalue weighted by Gasteiger charge is 2.39. The fraction of sp³-hybridized carbons (Fsp3) is 0.133. The van der Waals surface area contributed by atoms with Crippen molar-refractivity contribution in [1.82, 2.24) is 4.98 Å². The normalized spacial score (nSPS) is 15.6. The molecule has 0 amide bonds. The maximum absolute atomic E-state index is 5.91. The third-order valence-electron chi connectivity index (χ3n) is 7.86. The number of aromatic amines is 1. The van der Waals surface area contributed by atoms with Crippen molar-refractivity contribution in [2.45, 2.75) is 26.2 Å². The molecule has 2 aliphatic heterocycles. The molecule has 0 unspecified atom stereocenters. The molecule has 2 aliphatic rings. The van der Waals surface area contributed by atoms with E-state index in [-0.39, 0.29) is 0 Å². The van der Waals surface area contributed by atoms with E-state index < -0.39 is 16.1 Å². The molecule has 0 bridgehead atoms. The van der Waals surface area contributed by atoms with Crippen LogP contribution in [0.3, 0.4) is 0 Å². The van der Waals surface area contributed by atoms with Gasteiger partial charge in [-0.15, -0.1) is 0 Å². The third-order valence-corrected chi connectivity index (χ3v) is 15.0. The molecule has 0 saturated carbocycles. The summed E-state index contributed by atoms with van der Waals surface area (Å²) in [6.07, 6.45) is 2.05. The number of anilines is 1. The van der Waals surface area contributed by atoms with Gasteiger partial charge in [-0.1, -0.05) is 86.9 Å². The first-order valence-corrected chi connectivity index (χ1v) is 18.0. The first-order chi connectivity index (χ1) is 16.3. The zero-order chi connectivity index (χ0) is 23.7. The van der Waals surface area contributed by atoms with Crippen molar-refractivity contribution in [2.24, 2.45) is 0 Å². The van der Waals surface area contributed by atoms with Crippen LogP contribution < -0.4 is 26.5 Å². The minimum Gasteiger partial charge on any atom is -0.399 e. The van der Waals surface area contributed by atoms with Gasteiger partial charge in [0.1, 0.15) is 16.1 Å². The Kier molecular flexibility index (Phi) is 4.57. The second kappa shape index (κ2) is 7.32. The number of benzene rings is 4. The van der Waals surface area contributed by atoms with Crippen LogP contribution in [0.1, 0.15) is 0 Å². The van der Waals surface area contributed by atoms with Gasteiger partial charge in [0, 0.05) is 17.4 Å². The Morgan fingerprint density at radius 1 is 0.588 bits per heavy atom. The minimum atomic E-state index is -1.53. The van der Waals surface area contributed by atoms with Crippen molar-refractivity contribution < 1.29 is 0 Å². The Balaban J connectivity index is 0.000000129. The zero-order valence-electron chi connectivity index (χ0n) is 20.2. The fourth-order valence-corrected chi connectivity index (χ4v) is 12.7. The van der Waals surface area contributed by atoms with E-state index in [0.717, 1.165) is 5.69 Å². The standard InChI is InChI=1S/C16H15NSi.C14H15NSi/c1-18(2)15-6-4-3-5-11(15)12-7-8-14-13(16(12)18)9-10-17-14;1-16(2)13-6-4-3-5-11(13)12-8-7-10(15)9-14(12)16/h3-10,17H,1-2H3;3-9H,15H2,1-2H3. The van der Waals surface area contributed by atoms with Crippen LogP contribution in [0.15, 0.2) is 91.1 Å². The van der Waals surface area contributed by atoms with E-state index in [2.05, 4.69) is 116 Å². The summed E-state index contributed by atoms with van der Waals surface area (Å²) in [5.74, 6) is 0. The number of nitrogen functional groups attached to an aromatic ring is 1.